The van der Waals surface area contributed by atoms with Gasteiger partial charge in [0.1, 0.15) is 6.54 Å². The molecule has 2 heterocycles. The third kappa shape index (κ3) is 3.40. The monoisotopic (exact) mass is 444 g/mol. The van der Waals surface area contributed by atoms with Crippen molar-refractivity contribution >= 4 is 23.4 Å². The van der Waals surface area contributed by atoms with Crippen molar-refractivity contribution in [2.45, 2.75) is 63.8 Å². The zero-order valence-electron chi connectivity index (χ0n) is 19.7. The summed E-state index contributed by atoms with van der Waals surface area (Å²) in [4.78, 5) is 42.8. The summed E-state index contributed by atoms with van der Waals surface area (Å²) in [7, 11) is 0. The van der Waals surface area contributed by atoms with E-state index in [4.69, 9.17) is 0 Å². The molecule has 5 rings (SSSR count). The van der Waals surface area contributed by atoms with E-state index in [1.807, 2.05) is 29.2 Å². The number of imide groups is 1. The summed E-state index contributed by atoms with van der Waals surface area (Å²) in [6.45, 7) is 6.22. The maximum Gasteiger partial charge on any atom is 0.247 e. The largest absolute Gasteiger partial charge is 0.305 e. The van der Waals surface area contributed by atoms with Crippen LogP contribution in [0, 0.1) is 11.8 Å². The Balaban J connectivity index is 1.50. The van der Waals surface area contributed by atoms with E-state index < -0.39 is 5.54 Å². The van der Waals surface area contributed by atoms with E-state index in [0.717, 1.165) is 43.4 Å². The van der Waals surface area contributed by atoms with Gasteiger partial charge in [-0.1, -0.05) is 68.3 Å². The number of amides is 3. The molecule has 0 unspecified atom stereocenters. The molecular formula is C28H32N2O3. The van der Waals surface area contributed by atoms with Gasteiger partial charge in [-0.2, -0.15) is 0 Å². The Morgan fingerprint density at radius 2 is 1.45 bits per heavy atom. The summed E-state index contributed by atoms with van der Waals surface area (Å²) < 4.78 is 0. The molecule has 1 saturated heterocycles. The van der Waals surface area contributed by atoms with Crippen LogP contribution in [0.1, 0.15) is 64.0 Å². The summed E-state index contributed by atoms with van der Waals surface area (Å²) in [5.41, 5.74) is 2.42. The number of nitrogens with zero attached hydrogens (tertiary/aromatic N) is 2. The molecule has 2 aromatic rings. The van der Waals surface area contributed by atoms with Gasteiger partial charge < -0.3 is 4.90 Å². The van der Waals surface area contributed by atoms with Crippen LogP contribution in [-0.4, -0.2) is 34.7 Å². The van der Waals surface area contributed by atoms with Crippen molar-refractivity contribution in [3.63, 3.8) is 0 Å². The van der Waals surface area contributed by atoms with E-state index in [1.165, 1.54) is 10.5 Å². The van der Waals surface area contributed by atoms with E-state index in [-0.39, 0.29) is 41.5 Å². The molecule has 0 aromatic heterocycles. The number of carbonyl (C=O) groups is 3. The Hall–Kier alpha value is -2.95. The molecule has 33 heavy (non-hydrogen) atoms. The van der Waals surface area contributed by atoms with Gasteiger partial charge in [0.15, 0.2) is 0 Å². The van der Waals surface area contributed by atoms with Gasteiger partial charge >= 0.3 is 0 Å². The van der Waals surface area contributed by atoms with Crippen molar-refractivity contribution in [1.29, 1.82) is 0 Å². The second kappa shape index (κ2) is 7.82. The second-order valence-corrected chi connectivity index (χ2v) is 10.7. The van der Waals surface area contributed by atoms with Gasteiger partial charge in [-0.15, -0.1) is 0 Å². The fraction of sp³-hybridized carbons (Fsp3) is 0.464. The van der Waals surface area contributed by atoms with Crippen LogP contribution in [0.3, 0.4) is 0 Å². The van der Waals surface area contributed by atoms with E-state index in [0.29, 0.717) is 0 Å². The van der Waals surface area contributed by atoms with Gasteiger partial charge in [0.05, 0.1) is 11.8 Å². The number of para-hydroxylation sites is 1. The van der Waals surface area contributed by atoms with Crippen molar-refractivity contribution in [1.82, 2.24) is 4.90 Å². The molecule has 2 aliphatic heterocycles. The summed E-state index contributed by atoms with van der Waals surface area (Å²) >= 11 is 0. The number of fused-ring (bicyclic) bond motifs is 2. The van der Waals surface area contributed by atoms with Crippen LogP contribution in [0.5, 0.6) is 0 Å². The highest BCUT2D eigenvalue weighted by Crippen LogP contribution is 2.50. The normalized spacial score (nSPS) is 28.5. The maximum absolute atomic E-state index is 13.8. The average Bonchev–Trinajstić information content (AvgIpc) is 3.04. The number of likely N-dealkylation sites (tertiary alicyclic amines) is 1. The zero-order valence-corrected chi connectivity index (χ0v) is 19.7. The number of rotatable bonds is 3. The highest BCUT2D eigenvalue weighted by Gasteiger charge is 2.51. The van der Waals surface area contributed by atoms with E-state index in [9.17, 15) is 14.4 Å². The lowest BCUT2D eigenvalue weighted by atomic mass is 9.65. The molecule has 2 fully saturated rings. The summed E-state index contributed by atoms with van der Waals surface area (Å²) in [6, 6.07) is 18.5. The van der Waals surface area contributed by atoms with Crippen molar-refractivity contribution in [3.05, 3.63) is 65.7 Å². The minimum Gasteiger partial charge on any atom is -0.305 e. The zero-order chi connectivity index (χ0) is 23.4. The Kier molecular flexibility index (Phi) is 5.19. The van der Waals surface area contributed by atoms with Crippen LogP contribution in [0.15, 0.2) is 54.6 Å². The number of hydrogen-bond acceptors (Lipinski definition) is 3. The summed E-state index contributed by atoms with van der Waals surface area (Å²) in [6.07, 6.45) is 4.21. The van der Waals surface area contributed by atoms with Crippen LogP contribution < -0.4 is 4.90 Å². The molecule has 3 aliphatic rings. The first-order valence-corrected chi connectivity index (χ1v) is 12.1. The average molecular weight is 445 g/mol. The smallest absolute Gasteiger partial charge is 0.247 e. The minimum atomic E-state index is -0.491. The van der Waals surface area contributed by atoms with Crippen LogP contribution in [0.25, 0.3) is 0 Å². The van der Waals surface area contributed by atoms with E-state index >= 15 is 0 Å². The fourth-order valence-electron chi connectivity index (χ4n) is 6.63. The first kappa shape index (κ1) is 21.9. The van der Waals surface area contributed by atoms with E-state index in [2.05, 4.69) is 51.1 Å². The first-order chi connectivity index (χ1) is 15.7. The molecule has 5 nitrogen and oxygen atoms in total. The van der Waals surface area contributed by atoms with Crippen molar-refractivity contribution in [2.75, 3.05) is 11.4 Å². The molecule has 3 atom stereocenters. The molecule has 0 bridgehead atoms. The quantitative estimate of drug-likeness (QED) is 0.646. The summed E-state index contributed by atoms with van der Waals surface area (Å²) in [5.74, 6) is -0.974. The van der Waals surface area contributed by atoms with Gasteiger partial charge in [-0.3, -0.25) is 19.3 Å². The Bertz CT molecular complexity index is 1090. The highest BCUT2D eigenvalue weighted by molar-refractivity contribution is 6.09. The number of benzene rings is 2. The molecule has 1 aliphatic carbocycles. The highest BCUT2D eigenvalue weighted by atomic mass is 16.2. The predicted molar refractivity (Wildman–Crippen MR) is 128 cm³/mol. The van der Waals surface area contributed by atoms with Crippen LogP contribution >= 0.6 is 0 Å². The minimum absolute atomic E-state index is 0.157. The maximum atomic E-state index is 13.8. The lowest BCUT2D eigenvalue weighted by molar-refractivity contribution is -0.143. The molecular weight excluding hydrogens is 412 g/mol. The molecule has 172 valence electrons. The number of hydrogen-bond donors (Lipinski definition) is 0. The topological polar surface area (TPSA) is 57.7 Å². The number of anilines is 1. The SMILES string of the molecule is CC1(C)C[C@@](C)(c2ccccc2)c2ccccc2N1C(=O)CN1C(=O)[C@H]2CCCC[C@H]2C1=O. The molecule has 0 radical (unpaired) electrons. The van der Waals surface area contributed by atoms with Crippen molar-refractivity contribution < 1.29 is 14.4 Å². The first-order valence-electron chi connectivity index (χ1n) is 12.1. The Morgan fingerprint density at radius 1 is 0.879 bits per heavy atom. The van der Waals surface area contributed by atoms with Gasteiger partial charge in [0.2, 0.25) is 17.7 Å². The fourth-order valence-corrected chi connectivity index (χ4v) is 6.63. The van der Waals surface area contributed by atoms with E-state index in [1.54, 1.807) is 0 Å². The standard InChI is InChI=1S/C28H32N2O3/c1-27(2)18-28(3,19-11-5-4-6-12-19)22-15-9-10-16-23(22)30(27)24(31)17-29-25(32)20-13-7-8-14-21(20)26(29)33/h4-6,9-12,15-16,20-21H,7-8,13-14,17-18H2,1-3H3/t20-,21+,28-/m0/s1. The lowest BCUT2D eigenvalue weighted by Crippen LogP contribution is -2.58. The Labute approximate surface area is 195 Å². The molecule has 5 heteroatoms. The third-order valence-corrected chi connectivity index (χ3v) is 8.02. The van der Waals surface area contributed by atoms with Crippen LogP contribution in [0.2, 0.25) is 0 Å². The number of carbonyl (C=O) groups excluding carboxylic acids is 3. The lowest BCUT2D eigenvalue weighted by Gasteiger charge is -2.51. The van der Waals surface area contributed by atoms with Crippen LogP contribution in [-0.2, 0) is 19.8 Å². The van der Waals surface area contributed by atoms with Gasteiger partial charge in [-0.25, -0.2) is 0 Å². The van der Waals surface area contributed by atoms with Crippen molar-refractivity contribution in [2.24, 2.45) is 11.8 Å². The summed E-state index contributed by atoms with van der Waals surface area (Å²) in [5, 5.41) is 0. The Morgan fingerprint density at radius 3 is 2.09 bits per heavy atom. The van der Waals surface area contributed by atoms with Gasteiger partial charge in [0.25, 0.3) is 0 Å². The predicted octanol–water partition coefficient (Wildman–Crippen LogP) is 4.68. The van der Waals surface area contributed by atoms with Crippen molar-refractivity contribution in [3.8, 4) is 0 Å². The van der Waals surface area contributed by atoms with Gasteiger partial charge in [-0.05, 0) is 50.3 Å². The second-order valence-electron chi connectivity index (χ2n) is 10.7. The molecule has 0 N–H and O–H groups in total. The van der Waals surface area contributed by atoms with Gasteiger partial charge in [0, 0.05) is 16.6 Å². The molecule has 0 spiro atoms. The molecule has 3 amide bonds. The molecule has 1 saturated carbocycles. The van der Waals surface area contributed by atoms with Crippen LogP contribution in [0.4, 0.5) is 5.69 Å². The third-order valence-electron chi connectivity index (χ3n) is 8.02. The molecule has 2 aromatic carbocycles.